The van der Waals surface area contributed by atoms with E-state index < -0.39 is 0 Å². The quantitative estimate of drug-likeness (QED) is 0.337. The molecule has 6 heteroatoms. The molecule has 2 aromatic carbocycles. The Bertz CT molecular complexity index is 877. The van der Waals surface area contributed by atoms with Crippen molar-refractivity contribution in [3.63, 3.8) is 0 Å². The molecule has 0 bridgehead atoms. The number of benzene rings is 2. The SMILES string of the molecule is I.NC(=NCc1cccc(C(=O)NC2CC2)c1)Nc1cccc2c1CCCC2. The monoisotopic (exact) mass is 490 g/mol. The van der Waals surface area contributed by atoms with Gasteiger partial charge in [0.15, 0.2) is 5.96 Å². The number of carbonyl (C=O) groups excluding carboxylic acids is 1. The summed E-state index contributed by atoms with van der Waals surface area (Å²) in [7, 11) is 0. The van der Waals surface area contributed by atoms with Crippen LogP contribution < -0.4 is 16.4 Å². The van der Waals surface area contributed by atoms with E-state index in [9.17, 15) is 4.79 Å². The Morgan fingerprint density at radius 1 is 1.11 bits per heavy atom. The molecule has 4 N–H and O–H groups in total. The summed E-state index contributed by atoms with van der Waals surface area (Å²) < 4.78 is 0. The highest BCUT2D eigenvalue weighted by Crippen LogP contribution is 2.27. The summed E-state index contributed by atoms with van der Waals surface area (Å²) in [5, 5.41) is 6.27. The molecule has 148 valence electrons. The number of aliphatic imine (C=N–C) groups is 1. The van der Waals surface area contributed by atoms with E-state index in [1.807, 2.05) is 24.3 Å². The number of fused-ring (bicyclic) bond motifs is 1. The van der Waals surface area contributed by atoms with Gasteiger partial charge in [0.25, 0.3) is 5.91 Å². The lowest BCUT2D eigenvalue weighted by molar-refractivity contribution is 0.0951. The van der Waals surface area contributed by atoms with Crippen LogP contribution in [0.3, 0.4) is 0 Å². The second-order valence-electron chi connectivity index (χ2n) is 7.42. The lowest BCUT2D eigenvalue weighted by atomic mass is 9.90. The van der Waals surface area contributed by atoms with Gasteiger partial charge in [-0.3, -0.25) is 4.79 Å². The van der Waals surface area contributed by atoms with Gasteiger partial charge in [0.05, 0.1) is 6.54 Å². The Hall–Kier alpha value is -2.09. The van der Waals surface area contributed by atoms with Crippen molar-refractivity contribution in [1.82, 2.24) is 5.32 Å². The van der Waals surface area contributed by atoms with E-state index >= 15 is 0 Å². The van der Waals surface area contributed by atoms with Crippen molar-refractivity contribution in [2.75, 3.05) is 5.32 Å². The summed E-state index contributed by atoms with van der Waals surface area (Å²) in [5.41, 5.74) is 11.6. The van der Waals surface area contributed by atoms with E-state index in [1.54, 1.807) is 0 Å². The zero-order valence-corrected chi connectivity index (χ0v) is 18.2. The zero-order valence-electron chi connectivity index (χ0n) is 15.9. The molecular formula is C22H27IN4O. The second-order valence-corrected chi connectivity index (χ2v) is 7.42. The average Bonchev–Trinajstić information content (AvgIpc) is 3.51. The molecule has 0 heterocycles. The van der Waals surface area contributed by atoms with Gasteiger partial charge in [-0.2, -0.15) is 0 Å². The number of guanidine groups is 1. The molecule has 1 saturated carbocycles. The van der Waals surface area contributed by atoms with Crippen LogP contribution in [0.2, 0.25) is 0 Å². The van der Waals surface area contributed by atoms with Gasteiger partial charge in [-0.15, -0.1) is 24.0 Å². The fourth-order valence-corrected chi connectivity index (χ4v) is 3.56. The second kappa shape index (κ2) is 9.41. The largest absolute Gasteiger partial charge is 0.370 e. The highest BCUT2D eigenvalue weighted by atomic mass is 127. The van der Waals surface area contributed by atoms with Crippen molar-refractivity contribution in [3.05, 3.63) is 64.7 Å². The standard InChI is InChI=1S/C22H26N4O.HI/c23-22(26-20-10-4-7-16-6-1-2-9-19(16)20)24-14-15-5-3-8-17(13-15)21(27)25-18-11-12-18;/h3-5,7-8,10,13,18H,1-2,6,9,11-12,14H2,(H,25,27)(H3,23,24,26);1H. The molecule has 1 fully saturated rings. The molecule has 0 aliphatic heterocycles. The number of hydrogen-bond donors (Lipinski definition) is 3. The fraction of sp³-hybridized carbons (Fsp3) is 0.364. The summed E-state index contributed by atoms with van der Waals surface area (Å²) in [6.45, 7) is 0.443. The maximum atomic E-state index is 12.2. The number of anilines is 1. The molecule has 1 amide bonds. The number of nitrogens with two attached hydrogens (primary N) is 1. The number of carbonyl (C=O) groups is 1. The predicted octanol–water partition coefficient (Wildman–Crippen LogP) is 4.00. The van der Waals surface area contributed by atoms with Gasteiger partial charge in [-0.05, 0) is 73.4 Å². The minimum atomic E-state index is -0.00894. The van der Waals surface area contributed by atoms with Crippen LogP contribution in [-0.2, 0) is 19.4 Å². The van der Waals surface area contributed by atoms with Crippen LogP contribution in [0.15, 0.2) is 47.5 Å². The first-order valence-corrected chi connectivity index (χ1v) is 9.76. The number of halogens is 1. The van der Waals surface area contributed by atoms with E-state index in [-0.39, 0.29) is 29.9 Å². The van der Waals surface area contributed by atoms with Crippen molar-refractivity contribution in [2.45, 2.75) is 51.1 Å². The van der Waals surface area contributed by atoms with Gasteiger partial charge in [0.1, 0.15) is 0 Å². The van der Waals surface area contributed by atoms with E-state index in [0.29, 0.717) is 24.1 Å². The minimum Gasteiger partial charge on any atom is -0.370 e. The Morgan fingerprint density at radius 3 is 2.71 bits per heavy atom. The van der Waals surface area contributed by atoms with Crippen molar-refractivity contribution in [2.24, 2.45) is 10.7 Å². The van der Waals surface area contributed by atoms with Gasteiger partial charge in [-0.25, -0.2) is 4.99 Å². The summed E-state index contributed by atoms with van der Waals surface area (Å²) in [4.78, 5) is 16.6. The van der Waals surface area contributed by atoms with Crippen LogP contribution in [0.5, 0.6) is 0 Å². The van der Waals surface area contributed by atoms with E-state index in [2.05, 4.69) is 33.8 Å². The lowest BCUT2D eigenvalue weighted by Gasteiger charge is -2.19. The summed E-state index contributed by atoms with van der Waals surface area (Å²) in [6.07, 6.45) is 6.87. The molecule has 0 atom stereocenters. The minimum absolute atomic E-state index is 0. The molecule has 2 aromatic rings. The molecule has 0 spiro atoms. The van der Waals surface area contributed by atoms with Crippen LogP contribution in [-0.4, -0.2) is 17.9 Å². The smallest absolute Gasteiger partial charge is 0.251 e. The Morgan fingerprint density at radius 2 is 1.89 bits per heavy atom. The third kappa shape index (κ3) is 5.25. The zero-order chi connectivity index (χ0) is 18.6. The van der Waals surface area contributed by atoms with Gasteiger partial charge >= 0.3 is 0 Å². The first-order chi connectivity index (χ1) is 13.2. The highest BCUT2D eigenvalue weighted by molar-refractivity contribution is 14.0. The number of nitrogens with zero attached hydrogens (tertiary/aromatic N) is 1. The van der Waals surface area contributed by atoms with Gasteiger partial charge < -0.3 is 16.4 Å². The number of amides is 1. The van der Waals surface area contributed by atoms with Gasteiger partial charge in [0.2, 0.25) is 0 Å². The number of hydrogen-bond acceptors (Lipinski definition) is 2. The van der Waals surface area contributed by atoms with Crippen LogP contribution in [0, 0.1) is 0 Å². The first kappa shape index (κ1) is 20.6. The molecular weight excluding hydrogens is 463 g/mol. The van der Waals surface area contributed by atoms with Crippen molar-refractivity contribution in [3.8, 4) is 0 Å². The molecule has 5 nitrogen and oxygen atoms in total. The molecule has 2 aliphatic rings. The molecule has 2 aliphatic carbocycles. The van der Waals surface area contributed by atoms with E-state index in [0.717, 1.165) is 36.9 Å². The summed E-state index contributed by atoms with van der Waals surface area (Å²) >= 11 is 0. The van der Waals surface area contributed by atoms with Crippen LogP contribution in [0.4, 0.5) is 5.69 Å². The predicted molar refractivity (Wildman–Crippen MR) is 124 cm³/mol. The third-order valence-electron chi connectivity index (χ3n) is 5.19. The number of nitrogens with one attached hydrogen (secondary N) is 2. The fourth-order valence-electron chi connectivity index (χ4n) is 3.56. The molecule has 0 radical (unpaired) electrons. The maximum Gasteiger partial charge on any atom is 0.251 e. The Labute approximate surface area is 183 Å². The van der Waals surface area contributed by atoms with Crippen LogP contribution in [0.1, 0.15) is 52.7 Å². The van der Waals surface area contributed by atoms with Crippen LogP contribution in [0.25, 0.3) is 0 Å². The molecule has 0 unspecified atom stereocenters. The number of rotatable bonds is 5. The van der Waals surface area contributed by atoms with E-state index in [4.69, 9.17) is 5.73 Å². The topological polar surface area (TPSA) is 79.5 Å². The van der Waals surface area contributed by atoms with Crippen LogP contribution >= 0.6 is 24.0 Å². The third-order valence-corrected chi connectivity index (χ3v) is 5.19. The van der Waals surface area contributed by atoms with Gasteiger partial charge in [-0.1, -0.05) is 24.3 Å². The van der Waals surface area contributed by atoms with E-state index in [1.165, 1.54) is 24.0 Å². The van der Waals surface area contributed by atoms with Crippen molar-refractivity contribution in [1.29, 1.82) is 0 Å². The molecule has 4 rings (SSSR count). The van der Waals surface area contributed by atoms with Crippen molar-refractivity contribution < 1.29 is 4.79 Å². The summed E-state index contributed by atoms with van der Waals surface area (Å²) in [5.74, 6) is 0.396. The normalized spacial score (nSPS) is 15.9. The Kier molecular flexibility index (Phi) is 6.93. The maximum absolute atomic E-state index is 12.2. The van der Waals surface area contributed by atoms with Crippen molar-refractivity contribution >= 4 is 41.5 Å². The average molecular weight is 490 g/mol. The Balaban J connectivity index is 0.00000225. The van der Waals surface area contributed by atoms with Gasteiger partial charge in [0, 0.05) is 17.3 Å². The number of aryl methyl sites for hydroxylation is 1. The molecule has 0 aromatic heterocycles. The molecule has 0 saturated heterocycles. The molecule has 28 heavy (non-hydrogen) atoms. The highest BCUT2D eigenvalue weighted by Gasteiger charge is 2.23. The first-order valence-electron chi connectivity index (χ1n) is 9.76. The lowest BCUT2D eigenvalue weighted by Crippen LogP contribution is -2.25. The summed E-state index contributed by atoms with van der Waals surface area (Å²) in [6, 6.07) is 14.3.